The normalized spacial score (nSPS) is 21.7. The maximum absolute atomic E-state index is 5.36. The molecule has 0 atom stereocenters. The van der Waals surface area contributed by atoms with Crippen LogP contribution in [0.1, 0.15) is 0 Å². The van der Waals surface area contributed by atoms with Gasteiger partial charge in [-0.2, -0.15) is 0 Å². The molecule has 1 heterocycles. The highest BCUT2D eigenvalue weighted by atomic mass is 28.5. The molecule has 1 saturated heterocycles. The molecule has 12 heavy (non-hydrogen) atoms. The van der Waals surface area contributed by atoms with E-state index in [9.17, 15) is 0 Å². The number of hydrogen-bond donors (Lipinski definition) is 0. The van der Waals surface area contributed by atoms with Crippen molar-refractivity contribution in [3.8, 4) is 47.9 Å². The molecule has 0 saturated carbocycles. The van der Waals surface area contributed by atoms with E-state index in [1.807, 2.05) is 0 Å². The van der Waals surface area contributed by atoms with Gasteiger partial charge in [0, 0.05) is 0 Å². The summed E-state index contributed by atoms with van der Waals surface area (Å²) in [6.45, 7) is 0. The SMILES string of the molecule is C#C[Si]1(C#C)C[Si](C#C)(C#C)C1. The van der Waals surface area contributed by atoms with Gasteiger partial charge in [-0.25, -0.2) is 0 Å². The Kier molecular flexibility index (Phi) is 1.91. The lowest BCUT2D eigenvalue weighted by Crippen LogP contribution is -2.60. The Hall–Kier alpha value is -1.33. The Morgan fingerprint density at radius 3 is 1.08 bits per heavy atom. The smallest absolute Gasteiger partial charge is 0.126 e. The minimum Gasteiger partial charge on any atom is -0.126 e. The molecule has 56 valence electrons. The van der Waals surface area contributed by atoms with E-state index in [4.69, 9.17) is 25.7 Å². The van der Waals surface area contributed by atoms with Crippen molar-refractivity contribution in [1.82, 2.24) is 0 Å². The van der Waals surface area contributed by atoms with E-state index in [1.54, 1.807) is 0 Å². The minimum absolute atomic E-state index is 0.833. The summed E-state index contributed by atoms with van der Waals surface area (Å²) in [5.74, 6) is 0. The van der Waals surface area contributed by atoms with Crippen molar-refractivity contribution >= 4 is 16.1 Å². The van der Waals surface area contributed by atoms with Gasteiger partial charge in [0.15, 0.2) is 0 Å². The Bertz CT molecular complexity index is 291. The summed E-state index contributed by atoms with van der Waals surface area (Å²) >= 11 is 0. The summed E-state index contributed by atoms with van der Waals surface area (Å²) in [6.07, 6.45) is 21.5. The van der Waals surface area contributed by atoms with E-state index < -0.39 is 16.1 Å². The van der Waals surface area contributed by atoms with Crippen LogP contribution in [-0.2, 0) is 0 Å². The molecule has 0 aromatic heterocycles. The standard InChI is InChI=1S/C10H8Si2/c1-5-11(6-2)9-12(7-3,8-4)10-11/h1-4H,9-10H2. The maximum atomic E-state index is 5.36. The molecule has 1 aliphatic rings. The quantitative estimate of drug-likeness (QED) is 0.383. The topological polar surface area (TPSA) is 0 Å². The summed E-state index contributed by atoms with van der Waals surface area (Å²) < 4.78 is 0. The molecule has 2 heteroatoms. The molecular weight excluding hydrogens is 176 g/mol. The minimum atomic E-state index is -1.84. The molecule has 1 fully saturated rings. The summed E-state index contributed by atoms with van der Waals surface area (Å²) in [5, 5.41) is 0. The molecule has 0 N–H and O–H groups in total. The van der Waals surface area contributed by atoms with Crippen LogP contribution >= 0.6 is 0 Å². The lowest BCUT2D eigenvalue weighted by Gasteiger charge is -2.40. The van der Waals surface area contributed by atoms with Crippen LogP contribution in [0.2, 0.25) is 11.3 Å². The van der Waals surface area contributed by atoms with E-state index in [0.29, 0.717) is 0 Å². The second-order valence-electron chi connectivity index (χ2n) is 3.10. The van der Waals surface area contributed by atoms with Gasteiger partial charge in [-0.15, -0.1) is 47.9 Å². The van der Waals surface area contributed by atoms with Gasteiger partial charge in [0.05, 0.1) is 0 Å². The second kappa shape index (κ2) is 2.62. The van der Waals surface area contributed by atoms with Crippen molar-refractivity contribution in [3.63, 3.8) is 0 Å². The van der Waals surface area contributed by atoms with Gasteiger partial charge in [0.2, 0.25) is 16.1 Å². The van der Waals surface area contributed by atoms with Gasteiger partial charge in [0.25, 0.3) is 0 Å². The van der Waals surface area contributed by atoms with E-state index in [2.05, 4.69) is 22.2 Å². The first-order valence-electron chi connectivity index (χ1n) is 3.57. The monoisotopic (exact) mass is 184 g/mol. The molecule has 0 bridgehead atoms. The molecule has 0 unspecified atom stereocenters. The lowest BCUT2D eigenvalue weighted by molar-refractivity contribution is 1.50. The Balaban J connectivity index is 2.86. The third kappa shape index (κ3) is 0.994. The third-order valence-corrected chi connectivity index (χ3v) is 14.2. The van der Waals surface area contributed by atoms with E-state index in [0.717, 1.165) is 11.3 Å². The summed E-state index contributed by atoms with van der Waals surface area (Å²) in [4.78, 5) is 0. The fourth-order valence-corrected chi connectivity index (χ4v) is 12.7. The molecule has 0 aromatic carbocycles. The number of terminal acetylenes is 4. The van der Waals surface area contributed by atoms with Crippen molar-refractivity contribution < 1.29 is 0 Å². The zero-order valence-electron chi connectivity index (χ0n) is 6.72. The molecule has 0 nitrogen and oxygen atoms in total. The highest BCUT2D eigenvalue weighted by Gasteiger charge is 2.56. The second-order valence-corrected chi connectivity index (χ2v) is 11.4. The first-order valence-corrected chi connectivity index (χ1v) is 8.40. The lowest BCUT2D eigenvalue weighted by atomic mass is 11.3. The molecule has 0 spiro atoms. The average Bonchev–Trinajstić information content (AvgIpc) is 2.07. The van der Waals surface area contributed by atoms with Crippen molar-refractivity contribution in [2.45, 2.75) is 11.3 Å². The number of hydrogen-bond acceptors (Lipinski definition) is 0. The summed E-state index contributed by atoms with van der Waals surface area (Å²) in [6, 6.07) is 0. The van der Waals surface area contributed by atoms with Crippen LogP contribution in [-0.4, -0.2) is 16.1 Å². The fraction of sp³-hybridized carbons (Fsp3) is 0.200. The summed E-state index contributed by atoms with van der Waals surface area (Å²) in [5.41, 5.74) is 12.6. The van der Waals surface area contributed by atoms with Crippen molar-refractivity contribution in [3.05, 3.63) is 0 Å². The molecule has 1 rings (SSSR count). The molecule has 0 radical (unpaired) electrons. The van der Waals surface area contributed by atoms with Gasteiger partial charge in [0.1, 0.15) is 0 Å². The molecule has 0 amide bonds. The van der Waals surface area contributed by atoms with Crippen LogP contribution in [0.4, 0.5) is 0 Å². The highest BCUT2D eigenvalue weighted by Crippen LogP contribution is 2.38. The molecule has 0 aromatic rings. The van der Waals surface area contributed by atoms with Gasteiger partial charge < -0.3 is 0 Å². The highest BCUT2D eigenvalue weighted by molar-refractivity contribution is 7.25. The number of rotatable bonds is 0. The summed E-state index contributed by atoms with van der Waals surface area (Å²) in [7, 11) is -3.67. The molecule has 1 aliphatic heterocycles. The fourth-order valence-electron chi connectivity index (χ4n) is 1.47. The van der Waals surface area contributed by atoms with E-state index >= 15 is 0 Å². The van der Waals surface area contributed by atoms with E-state index in [-0.39, 0.29) is 0 Å². The predicted molar refractivity (Wildman–Crippen MR) is 56.5 cm³/mol. The van der Waals surface area contributed by atoms with Crippen LogP contribution in [0.25, 0.3) is 0 Å². The van der Waals surface area contributed by atoms with Crippen LogP contribution in [0.15, 0.2) is 0 Å². The van der Waals surface area contributed by atoms with Crippen molar-refractivity contribution in [2.24, 2.45) is 0 Å². The van der Waals surface area contributed by atoms with Crippen LogP contribution in [0.5, 0.6) is 0 Å². The first kappa shape index (κ1) is 8.77. The van der Waals surface area contributed by atoms with Crippen molar-refractivity contribution in [2.75, 3.05) is 0 Å². The third-order valence-electron chi connectivity index (χ3n) is 2.31. The maximum Gasteiger partial charge on any atom is 0.214 e. The Morgan fingerprint density at radius 1 is 0.667 bits per heavy atom. The predicted octanol–water partition coefficient (Wildman–Crippen LogP) is 0.666. The average molecular weight is 184 g/mol. The van der Waals surface area contributed by atoms with Crippen LogP contribution < -0.4 is 0 Å². The van der Waals surface area contributed by atoms with Gasteiger partial charge >= 0.3 is 0 Å². The molecular formula is C10H8Si2. The van der Waals surface area contributed by atoms with Gasteiger partial charge in [-0.3, -0.25) is 0 Å². The Labute approximate surface area is 75.8 Å². The van der Waals surface area contributed by atoms with Gasteiger partial charge in [-0.1, -0.05) is 0 Å². The van der Waals surface area contributed by atoms with E-state index in [1.165, 1.54) is 0 Å². The first-order chi connectivity index (χ1) is 5.66. The Morgan fingerprint density at radius 2 is 0.917 bits per heavy atom. The zero-order valence-corrected chi connectivity index (χ0v) is 8.72. The van der Waals surface area contributed by atoms with Crippen LogP contribution in [0.3, 0.4) is 0 Å². The largest absolute Gasteiger partial charge is 0.214 e. The van der Waals surface area contributed by atoms with Crippen LogP contribution in [0, 0.1) is 47.9 Å². The van der Waals surface area contributed by atoms with Crippen molar-refractivity contribution in [1.29, 1.82) is 0 Å². The molecule has 0 aliphatic carbocycles. The zero-order chi connectivity index (χ0) is 9.24. The van der Waals surface area contributed by atoms with Gasteiger partial charge in [-0.05, 0) is 11.3 Å².